The van der Waals surface area contributed by atoms with Crippen LogP contribution in [-0.2, 0) is 22.0 Å². The van der Waals surface area contributed by atoms with Gasteiger partial charge in [-0.15, -0.1) is 23.2 Å². The zero-order chi connectivity index (χ0) is 22.0. The summed E-state index contributed by atoms with van der Waals surface area (Å²) in [7, 11) is 3.28. The minimum Gasteiger partial charge on any atom is -0.382 e. The zero-order valence-electron chi connectivity index (χ0n) is 17.7. The van der Waals surface area contributed by atoms with E-state index >= 15 is 0 Å². The Bertz CT molecular complexity index is 1120. The van der Waals surface area contributed by atoms with E-state index in [9.17, 15) is 5.11 Å². The average Bonchev–Trinajstić information content (AvgIpc) is 2.79. The Morgan fingerprint density at radius 1 is 0.968 bits per heavy atom. The summed E-state index contributed by atoms with van der Waals surface area (Å²) >= 11 is 12.8. The first-order valence-electron chi connectivity index (χ1n) is 10.2. The van der Waals surface area contributed by atoms with E-state index in [0.717, 1.165) is 44.2 Å². The summed E-state index contributed by atoms with van der Waals surface area (Å²) in [5, 5.41) is 14.3. The maximum Gasteiger partial charge on any atom is 0.121 e. The molecule has 1 aliphatic rings. The highest BCUT2D eigenvalue weighted by atomic mass is 35.5. The van der Waals surface area contributed by atoms with Crippen molar-refractivity contribution in [2.24, 2.45) is 0 Å². The number of hydrogen-bond acceptors (Lipinski definition) is 3. The highest BCUT2D eigenvalue weighted by Crippen LogP contribution is 2.49. The van der Waals surface area contributed by atoms with E-state index in [4.69, 9.17) is 32.7 Å². The van der Waals surface area contributed by atoms with Gasteiger partial charge in [0, 0.05) is 31.9 Å². The van der Waals surface area contributed by atoms with Crippen LogP contribution in [0.5, 0.6) is 0 Å². The Labute approximate surface area is 193 Å². The second-order valence-electron chi connectivity index (χ2n) is 7.94. The number of halogens is 2. The summed E-state index contributed by atoms with van der Waals surface area (Å²) in [6.45, 7) is 0.514. The quantitative estimate of drug-likeness (QED) is 0.451. The molecule has 2 atom stereocenters. The number of benzene rings is 3. The number of methoxy groups -OCH3 is 2. The SMILES string of the molecule is COCc1c(CCl)cc2ccccc2c1C1c2ccccc2C=C(CCl)C1(O)COC. The van der Waals surface area contributed by atoms with Crippen molar-refractivity contribution in [2.75, 3.05) is 26.7 Å². The highest BCUT2D eigenvalue weighted by Gasteiger charge is 2.46. The van der Waals surface area contributed by atoms with Gasteiger partial charge in [0.1, 0.15) is 5.60 Å². The van der Waals surface area contributed by atoms with Crippen LogP contribution in [0.1, 0.15) is 33.7 Å². The summed E-state index contributed by atoms with van der Waals surface area (Å²) in [5.41, 5.74) is 4.53. The molecule has 1 N–H and O–H groups in total. The molecule has 0 spiro atoms. The summed E-state index contributed by atoms with van der Waals surface area (Å²) in [6, 6.07) is 18.5. The molecule has 3 nitrogen and oxygen atoms in total. The van der Waals surface area contributed by atoms with Crippen LogP contribution >= 0.6 is 23.2 Å². The Balaban J connectivity index is 2.14. The molecule has 31 heavy (non-hydrogen) atoms. The largest absolute Gasteiger partial charge is 0.382 e. The smallest absolute Gasteiger partial charge is 0.121 e. The first-order chi connectivity index (χ1) is 15.1. The fourth-order valence-corrected chi connectivity index (χ4v) is 5.39. The molecule has 0 amide bonds. The van der Waals surface area contributed by atoms with Crippen molar-refractivity contribution >= 4 is 40.1 Å². The molecule has 0 aliphatic heterocycles. The molecule has 0 radical (unpaired) electrons. The van der Waals surface area contributed by atoms with Crippen LogP contribution in [0, 0.1) is 0 Å². The molecule has 0 bridgehead atoms. The van der Waals surface area contributed by atoms with Crippen molar-refractivity contribution in [3.05, 3.63) is 88.0 Å². The van der Waals surface area contributed by atoms with Crippen LogP contribution in [0.2, 0.25) is 0 Å². The van der Waals surface area contributed by atoms with E-state index in [0.29, 0.717) is 12.5 Å². The maximum atomic E-state index is 12.2. The molecule has 0 saturated carbocycles. The lowest BCUT2D eigenvalue weighted by Crippen LogP contribution is -2.46. The van der Waals surface area contributed by atoms with E-state index in [1.807, 2.05) is 30.3 Å². The minimum absolute atomic E-state index is 0.121. The second kappa shape index (κ2) is 9.32. The molecule has 1 aliphatic carbocycles. The maximum absolute atomic E-state index is 12.2. The number of aliphatic hydroxyl groups is 1. The van der Waals surface area contributed by atoms with Crippen LogP contribution in [0.15, 0.2) is 60.2 Å². The van der Waals surface area contributed by atoms with Gasteiger partial charge in [-0.25, -0.2) is 0 Å². The van der Waals surface area contributed by atoms with Gasteiger partial charge in [0.15, 0.2) is 0 Å². The third-order valence-corrected chi connectivity index (χ3v) is 6.77. The van der Waals surface area contributed by atoms with Gasteiger partial charge in [0.2, 0.25) is 0 Å². The molecule has 0 saturated heterocycles. The van der Waals surface area contributed by atoms with Gasteiger partial charge < -0.3 is 14.6 Å². The van der Waals surface area contributed by atoms with Gasteiger partial charge in [-0.1, -0.05) is 54.6 Å². The standard InChI is InChI=1S/C26H26Cl2O3/c1-30-15-23-19(13-27)11-17-7-3-5-9-21(17)24(23)25-22-10-6-4-8-18(22)12-20(14-28)26(25,29)16-31-2/h3-12,25,29H,13-16H2,1-2H3. The van der Waals surface area contributed by atoms with Crippen molar-refractivity contribution in [3.8, 4) is 0 Å². The Kier molecular flexibility index (Phi) is 6.71. The van der Waals surface area contributed by atoms with E-state index < -0.39 is 5.60 Å². The average molecular weight is 457 g/mol. The van der Waals surface area contributed by atoms with Crippen molar-refractivity contribution in [3.63, 3.8) is 0 Å². The summed E-state index contributed by atoms with van der Waals surface area (Å²) in [4.78, 5) is 0. The van der Waals surface area contributed by atoms with E-state index in [1.165, 1.54) is 0 Å². The third kappa shape index (κ3) is 3.79. The number of rotatable bonds is 7. The summed E-state index contributed by atoms with van der Waals surface area (Å²) in [5.74, 6) is 0.170. The molecule has 162 valence electrons. The molecular weight excluding hydrogens is 431 g/mol. The second-order valence-corrected chi connectivity index (χ2v) is 8.47. The summed E-state index contributed by atoms with van der Waals surface area (Å²) in [6.07, 6.45) is 1.99. The van der Waals surface area contributed by atoms with Crippen LogP contribution in [-0.4, -0.2) is 37.4 Å². The first-order valence-corrected chi connectivity index (χ1v) is 11.3. The molecule has 2 unspecified atom stereocenters. The molecule has 0 heterocycles. The van der Waals surface area contributed by atoms with Gasteiger partial charge in [0.05, 0.1) is 13.2 Å². The Morgan fingerprint density at radius 3 is 2.42 bits per heavy atom. The van der Waals surface area contributed by atoms with Gasteiger partial charge in [0.25, 0.3) is 0 Å². The predicted molar refractivity (Wildman–Crippen MR) is 128 cm³/mol. The number of hydrogen-bond donors (Lipinski definition) is 1. The number of ether oxygens (including phenoxy) is 2. The topological polar surface area (TPSA) is 38.7 Å². The molecule has 4 rings (SSSR count). The molecule has 0 fully saturated rings. The van der Waals surface area contributed by atoms with E-state index in [-0.39, 0.29) is 18.4 Å². The van der Waals surface area contributed by atoms with Gasteiger partial charge >= 0.3 is 0 Å². The van der Waals surface area contributed by atoms with E-state index in [2.05, 4.69) is 30.3 Å². The lowest BCUT2D eigenvalue weighted by atomic mass is 9.67. The molecule has 3 aromatic carbocycles. The Morgan fingerprint density at radius 2 is 1.71 bits per heavy atom. The predicted octanol–water partition coefficient (Wildman–Crippen LogP) is 5.87. The zero-order valence-corrected chi connectivity index (χ0v) is 19.2. The lowest BCUT2D eigenvalue weighted by molar-refractivity contribution is -0.0146. The first kappa shape index (κ1) is 22.3. The van der Waals surface area contributed by atoms with Crippen LogP contribution in [0.25, 0.3) is 16.8 Å². The molecule has 3 aromatic rings. The number of alkyl halides is 2. The minimum atomic E-state index is -1.30. The van der Waals surface area contributed by atoms with Crippen LogP contribution in [0.4, 0.5) is 0 Å². The van der Waals surface area contributed by atoms with Crippen molar-refractivity contribution in [1.82, 2.24) is 0 Å². The van der Waals surface area contributed by atoms with Crippen LogP contribution < -0.4 is 0 Å². The third-order valence-electron chi connectivity index (χ3n) is 6.19. The Hall–Kier alpha value is -1.88. The normalized spacial score (nSPS) is 20.5. The van der Waals surface area contributed by atoms with Gasteiger partial charge in [-0.3, -0.25) is 0 Å². The molecular formula is C26H26Cl2O3. The highest BCUT2D eigenvalue weighted by molar-refractivity contribution is 6.20. The lowest BCUT2D eigenvalue weighted by Gasteiger charge is -2.43. The van der Waals surface area contributed by atoms with Crippen molar-refractivity contribution < 1.29 is 14.6 Å². The van der Waals surface area contributed by atoms with Gasteiger partial charge in [-0.05, 0) is 50.2 Å². The fraction of sp³-hybridized carbons (Fsp3) is 0.308. The summed E-state index contributed by atoms with van der Waals surface area (Å²) < 4.78 is 11.2. The molecule has 5 heteroatoms. The van der Waals surface area contributed by atoms with Crippen molar-refractivity contribution in [1.29, 1.82) is 0 Å². The van der Waals surface area contributed by atoms with Crippen LogP contribution in [0.3, 0.4) is 0 Å². The van der Waals surface area contributed by atoms with E-state index in [1.54, 1.807) is 14.2 Å². The van der Waals surface area contributed by atoms with Gasteiger partial charge in [-0.2, -0.15) is 0 Å². The fourth-order valence-electron chi connectivity index (χ4n) is 4.85. The molecule has 0 aromatic heterocycles. The monoisotopic (exact) mass is 456 g/mol. The number of fused-ring (bicyclic) bond motifs is 2. The van der Waals surface area contributed by atoms with Crippen molar-refractivity contribution in [2.45, 2.75) is 24.0 Å².